The van der Waals surface area contributed by atoms with E-state index >= 15 is 0 Å². The highest BCUT2D eigenvalue weighted by Crippen LogP contribution is 2.33. The third kappa shape index (κ3) is 2.41. The summed E-state index contributed by atoms with van der Waals surface area (Å²) in [6.45, 7) is 10.2. The minimum atomic E-state index is -0.217. The minimum absolute atomic E-state index is 0.217. The van der Waals surface area contributed by atoms with Crippen LogP contribution in [0.1, 0.15) is 49.3 Å². The van der Waals surface area contributed by atoms with Gasteiger partial charge in [0.2, 0.25) is 11.7 Å². The fourth-order valence-electron chi connectivity index (χ4n) is 3.50. The summed E-state index contributed by atoms with van der Waals surface area (Å²) in [6.07, 6.45) is 2.45. The quantitative estimate of drug-likeness (QED) is 0.447. The first-order chi connectivity index (χ1) is 13.3. The molecule has 0 radical (unpaired) electrons. The van der Waals surface area contributed by atoms with Crippen molar-refractivity contribution in [2.24, 2.45) is 0 Å². The standard InChI is InChI=1S/C20H21N7O/c1-11-6-7-13-15(8-11)27-14(12(2)23-25-27)9-16-17(21-10-26(13)16)18-22-19(28-24-18)20(3,4)5/h6-8,10H,9H2,1-5H3. The van der Waals surface area contributed by atoms with Crippen LogP contribution in [0.4, 0.5) is 0 Å². The lowest BCUT2D eigenvalue weighted by atomic mass is 9.97. The van der Waals surface area contributed by atoms with E-state index in [1.807, 2.05) is 38.7 Å². The molecule has 0 unspecified atom stereocenters. The van der Waals surface area contributed by atoms with Gasteiger partial charge < -0.3 is 4.52 Å². The third-order valence-corrected chi connectivity index (χ3v) is 5.06. The molecule has 8 heteroatoms. The molecule has 4 aromatic rings. The fourth-order valence-corrected chi connectivity index (χ4v) is 3.50. The van der Waals surface area contributed by atoms with Crippen molar-refractivity contribution in [1.82, 2.24) is 34.7 Å². The molecule has 1 aromatic carbocycles. The van der Waals surface area contributed by atoms with Crippen molar-refractivity contribution < 1.29 is 4.52 Å². The zero-order chi connectivity index (χ0) is 19.6. The highest BCUT2D eigenvalue weighted by molar-refractivity contribution is 5.62. The van der Waals surface area contributed by atoms with Gasteiger partial charge in [0.1, 0.15) is 12.0 Å². The highest BCUT2D eigenvalue weighted by Gasteiger charge is 2.29. The Bertz CT molecular complexity index is 1210. The van der Waals surface area contributed by atoms with Crippen LogP contribution >= 0.6 is 0 Å². The molecule has 142 valence electrons. The Labute approximate surface area is 162 Å². The van der Waals surface area contributed by atoms with Gasteiger partial charge in [-0.25, -0.2) is 9.67 Å². The van der Waals surface area contributed by atoms with Gasteiger partial charge in [-0.05, 0) is 31.5 Å². The Morgan fingerprint density at radius 3 is 2.64 bits per heavy atom. The van der Waals surface area contributed by atoms with Crippen LogP contribution in [-0.2, 0) is 11.8 Å². The van der Waals surface area contributed by atoms with Gasteiger partial charge in [-0.15, -0.1) is 5.10 Å². The molecule has 0 spiro atoms. The molecule has 0 N–H and O–H groups in total. The molecular weight excluding hydrogens is 354 g/mol. The summed E-state index contributed by atoms with van der Waals surface area (Å²) < 4.78 is 9.51. The Balaban J connectivity index is 1.74. The second kappa shape index (κ2) is 5.60. The summed E-state index contributed by atoms with van der Waals surface area (Å²) in [5.74, 6) is 1.10. The average Bonchev–Trinajstić information content (AvgIpc) is 3.33. The van der Waals surface area contributed by atoms with Crippen molar-refractivity contribution >= 4 is 0 Å². The molecule has 5 rings (SSSR count). The van der Waals surface area contributed by atoms with E-state index in [0.29, 0.717) is 18.1 Å². The van der Waals surface area contributed by atoms with Crippen molar-refractivity contribution in [3.05, 3.63) is 53.1 Å². The van der Waals surface area contributed by atoms with Gasteiger partial charge in [0.05, 0.1) is 28.5 Å². The predicted octanol–water partition coefficient (Wildman–Crippen LogP) is 3.32. The topological polar surface area (TPSA) is 87.4 Å². The third-order valence-electron chi connectivity index (χ3n) is 5.06. The number of nitrogens with zero attached hydrogens (tertiary/aromatic N) is 7. The van der Waals surface area contributed by atoms with Crippen LogP contribution in [0.15, 0.2) is 29.0 Å². The van der Waals surface area contributed by atoms with E-state index in [-0.39, 0.29) is 5.41 Å². The molecule has 28 heavy (non-hydrogen) atoms. The van der Waals surface area contributed by atoms with E-state index in [9.17, 15) is 0 Å². The molecule has 0 fully saturated rings. The number of rotatable bonds is 1. The van der Waals surface area contributed by atoms with E-state index in [2.05, 4.69) is 55.1 Å². The van der Waals surface area contributed by atoms with Gasteiger partial charge in [0.25, 0.3) is 0 Å². The van der Waals surface area contributed by atoms with Crippen LogP contribution in [0.5, 0.6) is 0 Å². The normalized spacial score (nSPS) is 13.0. The van der Waals surface area contributed by atoms with E-state index in [1.54, 1.807) is 0 Å². The monoisotopic (exact) mass is 375 g/mol. The number of hydrogen-bond acceptors (Lipinski definition) is 6. The first-order valence-electron chi connectivity index (χ1n) is 9.26. The Hall–Kier alpha value is -3.29. The molecule has 3 aromatic heterocycles. The Morgan fingerprint density at radius 2 is 1.89 bits per heavy atom. The van der Waals surface area contributed by atoms with Gasteiger partial charge >= 0.3 is 0 Å². The molecule has 4 heterocycles. The zero-order valence-electron chi connectivity index (χ0n) is 16.6. The Kier molecular flexibility index (Phi) is 3.37. The van der Waals surface area contributed by atoms with Gasteiger partial charge in [-0.3, -0.25) is 4.57 Å². The first-order valence-corrected chi connectivity index (χ1v) is 9.26. The van der Waals surface area contributed by atoms with Gasteiger partial charge in [0.15, 0.2) is 0 Å². The molecule has 1 aliphatic rings. The van der Waals surface area contributed by atoms with E-state index < -0.39 is 0 Å². The predicted molar refractivity (Wildman–Crippen MR) is 103 cm³/mol. The van der Waals surface area contributed by atoms with Gasteiger partial charge in [0, 0.05) is 11.8 Å². The maximum atomic E-state index is 5.50. The average molecular weight is 375 g/mol. The molecular formula is C20H21N7O. The summed E-state index contributed by atoms with van der Waals surface area (Å²) >= 11 is 0. The van der Waals surface area contributed by atoms with Gasteiger partial charge in [-0.2, -0.15) is 4.98 Å². The first kappa shape index (κ1) is 16.9. The van der Waals surface area contributed by atoms with Crippen molar-refractivity contribution in [3.63, 3.8) is 0 Å². The second-order valence-corrected chi connectivity index (χ2v) is 8.29. The molecule has 0 saturated carbocycles. The fraction of sp³-hybridized carbons (Fsp3) is 0.350. The van der Waals surface area contributed by atoms with E-state index in [0.717, 1.165) is 39.7 Å². The van der Waals surface area contributed by atoms with Crippen LogP contribution in [0.3, 0.4) is 0 Å². The number of aryl methyl sites for hydroxylation is 2. The summed E-state index contributed by atoms with van der Waals surface area (Å²) in [4.78, 5) is 9.25. The minimum Gasteiger partial charge on any atom is -0.338 e. The zero-order valence-corrected chi connectivity index (χ0v) is 16.6. The van der Waals surface area contributed by atoms with Crippen LogP contribution in [-0.4, -0.2) is 34.7 Å². The molecule has 8 nitrogen and oxygen atoms in total. The smallest absolute Gasteiger partial charge is 0.232 e. The maximum Gasteiger partial charge on any atom is 0.232 e. The molecule has 0 atom stereocenters. The largest absolute Gasteiger partial charge is 0.338 e. The van der Waals surface area contributed by atoms with E-state index in [1.165, 1.54) is 0 Å². The van der Waals surface area contributed by atoms with Crippen molar-refractivity contribution in [2.45, 2.75) is 46.5 Å². The lowest BCUT2D eigenvalue weighted by molar-refractivity contribution is 0.321. The van der Waals surface area contributed by atoms with Crippen molar-refractivity contribution in [2.75, 3.05) is 0 Å². The molecule has 0 bridgehead atoms. The second-order valence-electron chi connectivity index (χ2n) is 8.29. The van der Waals surface area contributed by atoms with Gasteiger partial charge in [-0.1, -0.05) is 37.2 Å². The van der Waals surface area contributed by atoms with Crippen LogP contribution in [0.25, 0.3) is 22.9 Å². The van der Waals surface area contributed by atoms with Crippen LogP contribution in [0.2, 0.25) is 0 Å². The molecule has 0 saturated heterocycles. The van der Waals surface area contributed by atoms with E-state index in [4.69, 9.17) is 4.52 Å². The maximum absolute atomic E-state index is 5.50. The van der Waals surface area contributed by atoms with Crippen LogP contribution < -0.4 is 0 Å². The number of benzene rings is 1. The number of fused-ring (bicyclic) bond motifs is 5. The number of imidazole rings is 1. The lowest BCUT2D eigenvalue weighted by Gasteiger charge is -2.10. The molecule has 1 aliphatic heterocycles. The highest BCUT2D eigenvalue weighted by atomic mass is 16.5. The summed E-state index contributed by atoms with van der Waals surface area (Å²) in [6, 6.07) is 6.29. The van der Waals surface area contributed by atoms with Crippen molar-refractivity contribution in [3.8, 4) is 22.9 Å². The Morgan fingerprint density at radius 1 is 1.07 bits per heavy atom. The number of aromatic nitrogens is 7. The lowest BCUT2D eigenvalue weighted by Crippen LogP contribution is -2.11. The SMILES string of the molecule is Cc1ccc2c(c1)-n1nnc(C)c1Cc1c(-c3noc(C(C)(C)C)n3)ncn1-2. The van der Waals surface area contributed by atoms with Crippen LogP contribution in [0, 0.1) is 13.8 Å². The molecule has 0 aliphatic carbocycles. The number of hydrogen-bond donors (Lipinski definition) is 0. The van der Waals surface area contributed by atoms with Crippen molar-refractivity contribution in [1.29, 1.82) is 0 Å². The summed E-state index contributed by atoms with van der Waals surface area (Å²) in [7, 11) is 0. The molecule has 0 amide bonds. The summed E-state index contributed by atoms with van der Waals surface area (Å²) in [5, 5.41) is 12.9. The summed E-state index contributed by atoms with van der Waals surface area (Å²) in [5.41, 5.74) is 6.59.